The molecule has 0 spiro atoms. The Labute approximate surface area is 159 Å². The van der Waals surface area contributed by atoms with Gasteiger partial charge in [0.05, 0.1) is 11.8 Å². The molecule has 1 atom stereocenters. The number of carbonyl (C=O) groups excluding carboxylic acids is 1. The van der Waals surface area contributed by atoms with Gasteiger partial charge in [0.15, 0.2) is 0 Å². The molecule has 4 rings (SSSR count). The lowest BCUT2D eigenvalue weighted by Gasteiger charge is -2.33. The lowest BCUT2D eigenvalue weighted by Crippen LogP contribution is -2.39. The second-order valence-electron chi connectivity index (χ2n) is 7.34. The van der Waals surface area contributed by atoms with Crippen molar-refractivity contribution in [2.75, 3.05) is 13.1 Å². The van der Waals surface area contributed by atoms with Crippen molar-refractivity contribution in [1.82, 2.24) is 20.1 Å². The smallest absolute Gasteiger partial charge is 0.255 e. The van der Waals surface area contributed by atoms with Crippen molar-refractivity contribution in [1.29, 1.82) is 0 Å². The van der Waals surface area contributed by atoms with Gasteiger partial charge in [-0.25, -0.2) is 0 Å². The van der Waals surface area contributed by atoms with Gasteiger partial charge in [-0.1, -0.05) is 29.8 Å². The maximum Gasteiger partial charge on any atom is 0.255 e. The Kier molecular flexibility index (Phi) is 4.75. The summed E-state index contributed by atoms with van der Waals surface area (Å²) in [5.74, 6) is 0.334. The van der Waals surface area contributed by atoms with Crippen LogP contribution in [0.15, 0.2) is 48.9 Å². The number of piperidine rings is 1. The largest absolute Gasteiger partial charge is 0.338 e. The third-order valence-corrected chi connectivity index (χ3v) is 5.42. The predicted octanol–water partition coefficient (Wildman–Crippen LogP) is 4.11. The van der Waals surface area contributed by atoms with Gasteiger partial charge in [-0.15, -0.1) is 0 Å². The van der Waals surface area contributed by atoms with Crippen LogP contribution in [0.2, 0.25) is 0 Å². The Bertz CT molecular complexity index is 945. The van der Waals surface area contributed by atoms with Gasteiger partial charge < -0.3 is 4.90 Å². The summed E-state index contributed by atoms with van der Waals surface area (Å²) < 4.78 is 0. The topological polar surface area (TPSA) is 61.9 Å². The molecule has 1 aliphatic rings. The summed E-state index contributed by atoms with van der Waals surface area (Å²) >= 11 is 0. The molecule has 27 heavy (non-hydrogen) atoms. The molecule has 0 radical (unpaired) electrons. The van der Waals surface area contributed by atoms with Crippen LogP contribution in [-0.4, -0.2) is 39.1 Å². The van der Waals surface area contributed by atoms with E-state index in [-0.39, 0.29) is 11.8 Å². The van der Waals surface area contributed by atoms with Crippen LogP contribution in [0.5, 0.6) is 0 Å². The third kappa shape index (κ3) is 3.50. The van der Waals surface area contributed by atoms with Crippen molar-refractivity contribution >= 4 is 5.91 Å². The molecular weight excluding hydrogens is 336 g/mol. The van der Waals surface area contributed by atoms with Gasteiger partial charge in [-0.05, 0) is 43.9 Å². The summed E-state index contributed by atoms with van der Waals surface area (Å²) in [5.41, 5.74) is 6.33. The van der Waals surface area contributed by atoms with Crippen LogP contribution in [0, 0.1) is 13.8 Å². The minimum absolute atomic E-state index is 0.0710. The van der Waals surface area contributed by atoms with Crippen LogP contribution >= 0.6 is 0 Å². The minimum atomic E-state index is 0.0710. The standard InChI is InChI=1S/C22H24N4O/c1-15-5-7-17(8-6-15)20-13-24-25-21(20)18-4-3-11-26(14-18)22(27)19-12-23-10-9-16(19)2/h5-10,12-13,18H,3-4,11,14H2,1-2H3,(H,24,25)/t18-/m0/s1. The average Bonchev–Trinajstić information content (AvgIpc) is 3.18. The number of hydrogen-bond donors (Lipinski definition) is 1. The molecule has 138 valence electrons. The van der Waals surface area contributed by atoms with Crippen molar-refractivity contribution in [2.24, 2.45) is 0 Å². The van der Waals surface area contributed by atoms with E-state index >= 15 is 0 Å². The first-order valence-corrected chi connectivity index (χ1v) is 9.43. The minimum Gasteiger partial charge on any atom is -0.338 e. The molecule has 1 fully saturated rings. The molecular formula is C22H24N4O. The Morgan fingerprint density at radius 2 is 1.96 bits per heavy atom. The number of aromatic amines is 1. The maximum absolute atomic E-state index is 13.0. The van der Waals surface area contributed by atoms with E-state index in [0.717, 1.165) is 41.8 Å². The van der Waals surface area contributed by atoms with E-state index in [1.54, 1.807) is 12.4 Å². The van der Waals surface area contributed by atoms with Crippen LogP contribution in [0.3, 0.4) is 0 Å². The number of nitrogens with zero attached hydrogens (tertiary/aromatic N) is 3. The number of carbonyl (C=O) groups is 1. The molecule has 1 N–H and O–H groups in total. The van der Waals surface area contributed by atoms with Crippen molar-refractivity contribution in [2.45, 2.75) is 32.6 Å². The van der Waals surface area contributed by atoms with E-state index in [1.165, 1.54) is 5.56 Å². The zero-order valence-electron chi connectivity index (χ0n) is 15.8. The van der Waals surface area contributed by atoms with E-state index in [9.17, 15) is 4.79 Å². The monoisotopic (exact) mass is 360 g/mol. The lowest BCUT2D eigenvalue weighted by atomic mass is 9.90. The Morgan fingerprint density at radius 1 is 1.15 bits per heavy atom. The highest BCUT2D eigenvalue weighted by Crippen LogP contribution is 2.33. The average molecular weight is 360 g/mol. The van der Waals surface area contributed by atoms with Crippen molar-refractivity contribution < 1.29 is 4.79 Å². The molecule has 0 saturated carbocycles. The van der Waals surface area contributed by atoms with E-state index < -0.39 is 0 Å². The van der Waals surface area contributed by atoms with Gasteiger partial charge in [-0.2, -0.15) is 5.10 Å². The molecule has 5 heteroatoms. The fourth-order valence-electron chi connectivity index (χ4n) is 3.83. The summed E-state index contributed by atoms with van der Waals surface area (Å²) in [7, 11) is 0. The number of aryl methyl sites for hydroxylation is 2. The molecule has 0 aliphatic carbocycles. The third-order valence-electron chi connectivity index (χ3n) is 5.42. The SMILES string of the molecule is Cc1ccc(-c2cn[nH]c2[C@H]2CCCN(C(=O)c3cnccc3C)C2)cc1. The molecule has 1 saturated heterocycles. The zero-order valence-corrected chi connectivity index (χ0v) is 15.8. The predicted molar refractivity (Wildman–Crippen MR) is 106 cm³/mol. The van der Waals surface area contributed by atoms with Crippen LogP contribution in [0.25, 0.3) is 11.1 Å². The quantitative estimate of drug-likeness (QED) is 0.765. The highest BCUT2D eigenvalue weighted by molar-refractivity contribution is 5.95. The number of aromatic nitrogens is 3. The number of rotatable bonds is 3. The molecule has 5 nitrogen and oxygen atoms in total. The highest BCUT2D eigenvalue weighted by atomic mass is 16.2. The molecule has 0 unspecified atom stereocenters. The van der Waals surface area contributed by atoms with E-state index in [4.69, 9.17) is 0 Å². The molecule has 1 aliphatic heterocycles. The normalized spacial score (nSPS) is 17.1. The van der Waals surface area contributed by atoms with Gasteiger partial charge in [-0.3, -0.25) is 14.9 Å². The van der Waals surface area contributed by atoms with Gasteiger partial charge in [0.1, 0.15) is 0 Å². The maximum atomic E-state index is 13.0. The van der Waals surface area contributed by atoms with Crippen molar-refractivity contribution in [3.8, 4) is 11.1 Å². The summed E-state index contributed by atoms with van der Waals surface area (Å²) in [6, 6.07) is 10.4. The number of pyridine rings is 1. The second kappa shape index (κ2) is 7.35. The molecule has 2 aromatic heterocycles. The van der Waals surface area contributed by atoms with Crippen LogP contribution < -0.4 is 0 Å². The van der Waals surface area contributed by atoms with Crippen LogP contribution in [0.4, 0.5) is 0 Å². The summed E-state index contributed by atoms with van der Waals surface area (Å²) in [5, 5.41) is 7.50. The Morgan fingerprint density at radius 3 is 2.74 bits per heavy atom. The van der Waals surface area contributed by atoms with E-state index in [1.807, 2.05) is 24.1 Å². The Hall–Kier alpha value is -2.95. The van der Waals surface area contributed by atoms with Crippen molar-refractivity contribution in [3.63, 3.8) is 0 Å². The van der Waals surface area contributed by atoms with Gasteiger partial charge in [0.25, 0.3) is 5.91 Å². The van der Waals surface area contributed by atoms with Gasteiger partial charge >= 0.3 is 0 Å². The summed E-state index contributed by atoms with van der Waals surface area (Å²) in [6.07, 6.45) is 7.34. The Balaban J connectivity index is 1.58. The lowest BCUT2D eigenvalue weighted by molar-refractivity contribution is 0.0705. The summed E-state index contributed by atoms with van der Waals surface area (Å²) in [6.45, 7) is 5.54. The first-order chi connectivity index (χ1) is 13.1. The summed E-state index contributed by atoms with van der Waals surface area (Å²) in [4.78, 5) is 19.1. The molecule has 1 amide bonds. The first kappa shape index (κ1) is 17.5. The fraction of sp³-hybridized carbons (Fsp3) is 0.318. The fourth-order valence-corrected chi connectivity index (χ4v) is 3.83. The number of H-pyrrole nitrogens is 1. The van der Waals surface area contributed by atoms with E-state index in [2.05, 4.69) is 46.4 Å². The van der Waals surface area contributed by atoms with Gasteiger partial charge in [0.2, 0.25) is 0 Å². The molecule has 1 aromatic carbocycles. The molecule has 3 heterocycles. The number of benzene rings is 1. The molecule has 3 aromatic rings. The molecule has 0 bridgehead atoms. The number of hydrogen-bond acceptors (Lipinski definition) is 3. The van der Waals surface area contributed by atoms with Gasteiger partial charge in [0, 0.05) is 42.7 Å². The van der Waals surface area contributed by atoms with Crippen molar-refractivity contribution in [3.05, 3.63) is 71.3 Å². The number of likely N-dealkylation sites (tertiary alicyclic amines) is 1. The number of amides is 1. The zero-order chi connectivity index (χ0) is 18.8. The first-order valence-electron chi connectivity index (χ1n) is 9.43. The highest BCUT2D eigenvalue weighted by Gasteiger charge is 2.28. The van der Waals surface area contributed by atoms with Crippen LogP contribution in [0.1, 0.15) is 45.9 Å². The van der Waals surface area contributed by atoms with Crippen LogP contribution in [-0.2, 0) is 0 Å². The van der Waals surface area contributed by atoms with E-state index in [0.29, 0.717) is 12.1 Å². The number of nitrogens with one attached hydrogen (secondary N) is 1. The second-order valence-corrected chi connectivity index (χ2v) is 7.34.